The summed E-state index contributed by atoms with van der Waals surface area (Å²) in [6, 6.07) is 21.7. The minimum absolute atomic E-state index is 0.0386. The van der Waals surface area contributed by atoms with Crippen LogP contribution in [-0.2, 0) is 5.41 Å². The maximum atomic E-state index is 13.9. The van der Waals surface area contributed by atoms with Gasteiger partial charge in [-0.15, -0.1) is 11.3 Å². The molecule has 0 aliphatic heterocycles. The standard InChI is InChI=1S/C26H24FN3OS/c1-26(2,3)19-13-11-17(12-14-19)24(31)28-20-8-6-7-18(15-20)23-16-32-25(30-23)29-22-10-5-4-9-21(22)27/h4-16H,1-3H3,(H,28,31)(H,29,30). The lowest BCUT2D eigenvalue weighted by atomic mass is 9.87. The summed E-state index contributed by atoms with van der Waals surface area (Å²) in [4.78, 5) is 17.2. The average Bonchev–Trinajstić information content (AvgIpc) is 3.24. The fourth-order valence-corrected chi connectivity index (χ4v) is 3.95. The van der Waals surface area contributed by atoms with Gasteiger partial charge in [-0.3, -0.25) is 4.79 Å². The van der Waals surface area contributed by atoms with Gasteiger partial charge in [0, 0.05) is 22.2 Å². The maximum Gasteiger partial charge on any atom is 0.255 e. The van der Waals surface area contributed by atoms with E-state index in [-0.39, 0.29) is 17.1 Å². The molecule has 6 heteroatoms. The lowest BCUT2D eigenvalue weighted by Crippen LogP contribution is -2.14. The summed E-state index contributed by atoms with van der Waals surface area (Å²) in [5.74, 6) is -0.493. The number of benzene rings is 3. The molecule has 1 aromatic heterocycles. The van der Waals surface area contributed by atoms with Gasteiger partial charge in [0.05, 0.1) is 11.4 Å². The zero-order valence-electron chi connectivity index (χ0n) is 18.1. The van der Waals surface area contributed by atoms with Crippen LogP contribution in [0, 0.1) is 5.82 Å². The fraction of sp³-hybridized carbons (Fsp3) is 0.154. The van der Waals surface area contributed by atoms with Crippen molar-refractivity contribution in [2.24, 2.45) is 0 Å². The van der Waals surface area contributed by atoms with Crippen LogP contribution in [0.4, 0.5) is 20.9 Å². The van der Waals surface area contributed by atoms with E-state index in [4.69, 9.17) is 0 Å². The van der Waals surface area contributed by atoms with Gasteiger partial charge in [0.25, 0.3) is 5.91 Å². The van der Waals surface area contributed by atoms with E-state index in [9.17, 15) is 9.18 Å². The number of carbonyl (C=O) groups excluding carboxylic acids is 1. The molecular formula is C26H24FN3OS. The van der Waals surface area contributed by atoms with Gasteiger partial charge in [0.15, 0.2) is 5.13 Å². The minimum Gasteiger partial charge on any atom is -0.329 e. The van der Waals surface area contributed by atoms with Crippen molar-refractivity contribution < 1.29 is 9.18 Å². The molecule has 32 heavy (non-hydrogen) atoms. The van der Waals surface area contributed by atoms with Crippen molar-refractivity contribution in [1.82, 2.24) is 4.98 Å². The lowest BCUT2D eigenvalue weighted by molar-refractivity contribution is 0.102. The van der Waals surface area contributed by atoms with Crippen molar-refractivity contribution in [3.63, 3.8) is 0 Å². The Bertz CT molecular complexity index is 1240. The summed E-state index contributed by atoms with van der Waals surface area (Å²) in [5.41, 5.74) is 4.50. The quantitative estimate of drug-likeness (QED) is 0.340. The van der Waals surface area contributed by atoms with Gasteiger partial charge >= 0.3 is 0 Å². The van der Waals surface area contributed by atoms with Gasteiger partial charge in [-0.2, -0.15) is 0 Å². The summed E-state index contributed by atoms with van der Waals surface area (Å²) in [5, 5.41) is 8.45. The third-order valence-electron chi connectivity index (χ3n) is 5.05. The molecule has 0 radical (unpaired) electrons. The molecule has 1 amide bonds. The Morgan fingerprint density at radius 2 is 1.72 bits per heavy atom. The number of thiazole rings is 1. The molecule has 4 nitrogen and oxygen atoms in total. The van der Waals surface area contributed by atoms with E-state index in [2.05, 4.69) is 36.4 Å². The summed E-state index contributed by atoms with van der Waals surface area (Å²) < 4.78 is 13.9. The maximum absolute atomic E-state index is 13.9. The normalized spacial score (nSPS) is 11.2. The Labute approximate surface area is 191 Å². The van der Waals surface area contributed by atoms with E-state index in [1.54, 1.807) is 18.2 Å². The molecule has 0 aliphatic rings. The van der Waals surface area contributed by atoms with Crippen LogP contribution in [0.25, 0.3) is 11.3 Å². The minimum atomic E-state index is -0.329. The Hall–Kier alpha value is -3.51. The molecule has 2 N–H and O–H groups in total. The van der Waals surface area contributed by atoms with Crippen molar-refractivity contribution in [2.45, 2.75) is 26.2 Å². The number of carbonyl (C=O) groups is 1. The molecule has 3 aromatic carbocycles. The van der Waals surface area contributed by atoms with E-state index >= 15 is 0 Å². The smallest absolute Gasteiger partial charge is 0.255 e. The first-order valence-electron chi connectivity index (χ1n) is 10.3. The van der Waals surface area contributed by atoms with Crippen LogP contribution >= 0.6 is 11.3 Å². The zero-order chi connectivity index (χ0) is 22.7. The molecule has 4 aromatic rings. The number of aromatic nitrogens is 1. The SMILES string of the molecule is CC(C)(C)c1ccc(C(=O)Nc2cccc(-c3csc(Nc4ccccc4F)n3)c2)cc1. The van der Waals surface area contributed by atoms with E-state index < -0.39 is 0 Å². The van der Waals surface area contributed by atoms with Gasteiger partial charge in [-0.25, -0.2) is 9.37 Å². The third kappa shape index (κ3) is 5.03. The Balaban J connectivity index is 1.47. The van der Waals surface area contributed by atoms with Crippen LogP contribution < -0.4 is 10.6 Å². The predicted molar refractivity (Wildman–Crippen MR) is 130 cm³/mol. The molecule has 0 bridgehead atoms. The number of nitrogens with zero attached hydrogens (tertiary/aromatic N) is 1. The van der Waals surface area contributed by atoms with Crippen LogP contribution in [0.15, 0.2) is 78.2 Å². The van der Waals surface area contributed by atoms with E-state index in [1.807, 2.05) is 53.9 Å². The van der Waals surface area contributed by atoms with Crippen LogP contribution in [0.2, 0.25) is 0 Å². The van der Waals surface area contributed by atoms with E-state index in [1.165, 1.54) is 23.0 Å². The van der Waals surface area contributed by atoms with Crippen molar-refractivity contribution in [3.8, 4) is 11.3 Å². The molecule has 1 heterocycles. The molecule has 0 spiro atoms. The van der Waals surface area contributed by atoms with Crippen molar-refractivity contribution >= 4 is 33.8 Å². The number of hydrogen-bond acceptors (Lipinski definition) is 4. The number of para-hydroxylation sites is 1. The summed E-state index contributed by atoms with van der Waals surface area (Å²) in [7, 11) is 0. The number of halogens is 1. The molecule has 4 rings (SSSR count). The first-order chi connectivity index (χ1) is 15.3. The van der Waals surface area contributed by atoms with E-state index in [0.717, 1.165) is 11.3 Å². The Kier molecular flexibility index (Phi) is 6.06. The van der Waals surface area contributed by atoms with Gasteiger partial charge in [0.1, 0.15) is 5.82 Å². The second-order valence-corrected chi connectivity index (χ2v) is 9.36. The van der Waals surface area contributed by atoms with Crippen LogP contribution in [0.3, 0.4) is 0 Å². The van der Waals surface area contributed by atoms with Crippen molar-refractivity contribution in [2.75, 3.05) is 10.6 Å². The lowest BCUT2D eigenvalue weighted by Gasteiger charge is -2.19. The zero-order valence-corrected chi connectivity index (χ0v) is 19.0. The number of anilines is 3. The second-order valence-electron chi connectivity index (χ2n) is 8.51. The van der Waals surface area contributed by atoms with Gasteiger partial charge in [0.2, 0.25) is 0 Å². The number of nitrogens with one attached hydrogen (secondary N) is 2. The number of rotatable bonds is 5. The van der Waals surface area contributed by atoms with Gasteiger partial charge in [-0.1, -0.05) is 57.2 Å². The van der Waals surface area contributed by atoms with Crippen LogP contribution in [0.5, 0.6) is 0 Å². The monoisotopic (exact) mass is 445 g/mol. The predicted octanol–water partition coefficient (Wildman–Crippen LogP) is 7.24. The molecule has 0 atom stereocenters. The molecular weight excluding hydrogens is 421 g/mol. The molecule has 0 saturated heterocycles. The van der Waals surface area contributed by atoms with Crippen molar-refractivity contribution in [3.05, 3.63) is 95.1 Å². The third-order valence-corrected chi connectivity index (χ3v) is 5.81. The highest BCUT2D eigenvalue weighted by Gasteiger charge is 2.15. The van der Waals surface area contributed by atoms with Gasteiger partial charge < -0.3 is 10.6 Å². The summed E-state index contributed by atoms with van der Waals surface area (Å²) >= 11 is 1.39. The van der Waals surface area contributed by atoms with Crippen LogP contribution in [-0.4, -0.2) is 10.9 Å². The molecule has 0 unspecified atom stereocenters. The van der Waals surface area contributed by atoms with Crippen molar-refractivity contribution in [1.29, 1.82) is 0 Å². The average molecular weight is 446 g/mol. The largest absolute Gasteiger partial charge is 0.329 e. The van der Waals surface area contributed by atoms with Crippen LogP contribution in [0.1, 0.15) is 36.7 Å². The highest BCUT2D eigenvalue weighted by Crippen LogP contribution is 2.29. The molecule has 162 valence electrons. The number of hydrogen-bond donors (Lipinski definition) is 2. The number of amides is 1. The summed E-state index contributed by atoms with van der Waals surface area (Å²) in [6.07, 6.45) is 0. The molecule has 0 aliphatic carbocycles. The Morgan fingerprint density at radius 1 is 0.969 bits per heavy atom. The van der Waals surface area contributed by atoms with E-state index in [0.29, 0.717) is 22.1 Å². The fourth-order valence-electron chi connectivity index (χ4n) is 3.22. The first kappa shape index (κ1) is 21.7. The second kappa shape index (κ2) is 8.93. The highest BCUT2D eigenvalue weighted by molar-refractivity contribution is 7.14. The first-order valence-corrected chi connectivity index (χ1v) is 11.2. The molecule has 0 saturated carbocycles. The topological polar surface area (TPSA) is 54.0 Å². The highest BCUT2D eigenvalue weighted by atomic mass is 32.1. The molecule has 0 fully saturated rings. The van der Waals surface area contributed by atoms with Gasteiger partial charge in [-0.05, 0) is 47.4 Å². The Morgan fingerprint density at radius 3 is 2.44 bits per heavy atom. The summed E-state index contributed by atoms with van der Waals surface area (Å²) in [6.45, 7) is 6.43.